The Kier molecular flexibility index (Phi) is 3.99. The van der Waals surface area contributed by atoms with Crippen LogP contribution in [0.5, 0.6) is 5.75 Å². The first-order chi connectivity index (χ1) is 8.24. The summed E-state index contributed by atoms with van der Waals surface area (Å²) in [5.41, 5.74) is 1.83. The molecule has 1 N–H and O–H groups in total. The van der Waals surface area contributed by atoms with E-state index in [4.69, 9.17) is 21.4 Å². The van der Waals surface area contributed by atoms with Gasteiger partial charge in [0.25, 0.3) is 0 Å². The lowest BCUT2D eigenvalue weighted by molar-refractivity contribution is 0.299. The van der Waals surface area contributed by atoms with Crippen LogP contribution in [0.1, 0.15) is 5.01 Å². The van der Waals surface area contributed by atoms with E-state index in [1.807, 2.05) is 23.6 Å². The Morgan fingerprint density at radius 3 is 2.94 bits per heavy atom. The van der Waals surface area contributed by atoms with E-state index < -0.39 is 0 Å². The normalized spacial score (nSPS) is 10.5. The van der Waals surface area contributed by atoms with Crippen LogP contribution >= 0.6 is 22.9 Å². The van der Waals surface area contributed by atoms with E-state index in [1.165, 1.54) is 11.3 Å². The molecule has 2 rings (SSSR count). The molecule has 0 spiro atoms. The van der Waals surface area contributed by atoms with Crippen molar-refractivity contribution in [1.29, 1.82) is 0 Å². The van der Waals surface area contributed by atoms with E-state index in [2.05, 4.69) is 4.98 Å². The number of hydrogen-bond donors (Lipinski definition) is 1. The highest BCUT2D eigenvalue weighted by Crippen LogP contribution is 2.30. The van der Waals surface area contributed by atoms with Crippen LogP contribution in [0.25, 0.3) is 11.3 Å². The highest BCUT2D eigenvalue weighted by Gasteiger charge is 2.07. The van der Waals surface area contributed by atoms with E-state index in [0.29, 0.717) is 17.2 Å². The number of aromatic nitrogens is 1. The van der Waals surface area contributed by atoms with Gasteiger partial charge in [0.05, 0.1) is 22.8 Å². The summed E-state index contributed by atoms with van der Waals surface area (Å²) in [5.74, 6) is 0.654. The van der Waals surface area contributed by atoms with Crippen LogP contribution in [-0.2, 0) is 6.42 Å². The number of aliphatic hydroxyl groups is 1. The number of thiazole rings is 1. The summed E-state index contributed by atoms with van der Waals surface area (Å²) in [6, 6.07) is 5.57. The van der Waals surface area contributed by atoms with Crippen LogP contribution in [0.2, 0.25) is 5.02 Å². The first kappa shape index (κ1) is 12.4. The monoisotopic (exact) mass is 269 g/mol. The van der Waals surface area contributed by atoms with Gasteiger partial charge in [0.1, 0.15) is 5.75 Å². The lowest BCUT2D eigenvalue weighted by Gasteiger charge is -2.04. The predicted octanol–water partition coefficient (Wildman–Crippen LogP) is 3.01. The zero-order valence-electron chi connectivity index (χ0n) is 9.31. The Morgan fingerprint density at radius 1 is 1.47 bits per heavy atom. The lowest BCUT2D eigenvalue weighted by Crippen LogP contribution is -1.89. The zero-order chi connectivity index (χ0) is 12.3. The van der Waals surface area contributed by atoms with E-state index in [0.717, 1.165) is 16.3 Å². The predicted molar refractivity (Wildman–Crippen MR) is 69.9 cm³/mol. The molecule has 0 aliphatic carbocycles. The maximum absolute atomic E-state index is 8.84. The van der Waals surface area contributed by atoms with Gasteiger partial charge in [0, 0.05) is 24.0 Å². The van der Waals surface area contributed by atoms with Crippen molar-refractivity contribution in [2.24, 2.45) is 0 Å². The average molecular weight is 270 g/mol. The SMILES string of the molecule is COc1ccc(-c2csc(CCO)n2)cc1Cl. The number of nitrogens with zero attached hydrogens (tertiary/aromatic N) is 1. The van der Waals surface area contributed by atoms with Gasteiger partial charge in [0.2, 0.25) is 0 Å². The molecule has 1 heterocycles. The van der Waals surface area contributed by atoms with Gasteiger partial charge < -0.3 is 9.84 Å². The molecule has 2 aromatic rings. The molecule has 0 bridgehead atoms. The molecular formula is C12H12ClNO2S. The third-order valence-electron chi connectivity index (χ3n) is 2.32. The Morgan fingerprint density at radius 2 is 2.29 bits per heavy atom. The minimum atomic E-state index is 0.121. The van der Waals surface area contributed by atoms with Crippen LogP contribution in [0.15, 0.2) is 23.6 Å². The van der Waals surface area contributed by atoms with Gasteiger partial charge in [-0.2, -0.15) is 0 Å². The molecule has 90 valence electrons. The van der Waals surface area contributed by atoms with E-state index >= 15 is 0 Å². The van der Waals surface area contributed by atoms with Crippen molar-refractivity contribution in [2.75, 3.05) is 13.7 Å². The number of hydrogen-bond acceptors (Lipinski definition) is 4. The smallest absolute Gasteiger partial charge is 0.137 e. The highest BCUT2D eigenvalue weighted by molar-refractivity contribution is 7.09. The Balaban J connectivity index is 2.29. The van der Waals surface area contributed by atoms with Crippen LogP contribution in [-0.4, -0.2) is 23.8 Å². The van der Waals surface area contributed by atoms with Gasteiger partial charge in [-0.05, 0) is 18.2 Å². The van der Waals surface area contributed by atoms with Crippen LogP contribution in [0, 0.1) is 0 Å². The van der Waals surface area contributed by atoms with Crippen molar-refractivity contribution in [3.05, 3.63) is 33.6 Å². The van der Waals surface area contributed by atoms with Crippen molar-refractivity contribution < 1.29 is 9.84 Å². The minimum absolute atomic E-state index is 0.121. The molecule has 0 saturated heterocycles. The molecule has 0 saturated carbocycles. The van der Waals surface area contributed by atoms with E-state index in [-0.39, 0.29) is 6.61 Å². The molecule has 1 aromatic carbocycles. The second-order valence-electron chi connectivity index (χ2n) is 3.45. The molecule has 0 aliphatic rings. The summed E-state index contributed by atoms with van der Waals surface area (Å²) >= 11 is 7.60. The van der Waals surface area contributed by atoms with Gasteiger partial charge >= 0.3 is 0 Å². The minimum Gasteiger partial charge on any atom is -0.495 e. The topological polar surface area (TPSA) is 42.4 Å². The fraction of sp³-hybridized carbons (Fsp3) is 0.250. The van der Waals surface area contributed by atoms with E-state index in [1.54, 1.807) is 7.11 Å². The zero-order valence-corrected chi connectivity index (χ0v) is 10.9. The van der Waals surface area contributed by atoms with Gasteiger partial charge in [0.15, 0.2) is 0 Å². The molecule has 0 fully saturated rings. The fourth-order valence-electron chi connectivity index (χ4n) is 1.48. The first-order valence-corrected chi connectivity index (χ1v) is 6.39. The van der Waals surface area contributed by atoms with Crippen LogP contribution in [0.3, 0.4) is 0 Å². The average Bonchev–Trinajstić information content (AvgIpc) is 2.78. The summed E-state index contributed by atoms with van der Waals surface area (Å²) in [6.07, 6.45) is 0.592. The van der Waals surface area contributed by atoms with E-state index in [9.17, 15) is 0 Å². The molecule has 0 amide bonds. The van der Waals surface area contributed by atoms with Gasteiger partial charge in [-0.1, -0.05) is 11.6 Å². The van der Waals surface area contributed by atoms with Gasteiger partial charge in [-0.3, -0.25) is 0 Å². The Bertz CT molecular complexity index is 513. The third kappa shape index (κ3) is 2.77. The Labute approximate surface area is 109 Å². The second-order valence-corrected chi connectivity index (χ2v) is 4.80. The van der Waals surface area contributed by atoms with Crippen molar-refractivity contribution in [3.8, 4) is 17.0 Å². The van der Waals surface area contributed by atoms with Crippen LogP contribution in [0.4, 0.5) is 0 Å². The van der Waals surface area contributed by atoms with Crippen molar-refractivity contribution in [2.45, 2.75) is 6.42 Å². The van der Waals surface area contributed by atoms with Crippen LogP contribution < -0.4 is 4.74 Å². The van der Waals surface area contributed by atoms with Crippen molar-refractivity contribution in [3.63, 3.8) is 0 Å². The van der Waals surface area contributed by atoms with Crippen molar-refractivity contribution >= 4 is 22.9 Å². The molecule has 0 radical (unpaired) electrons. The number of aliphatic hydroxyl groups excluding tert-OH is 1. The van der Waals surface area contributed by atoms with Gasteiger partial charge in [-0.25, -0.2) is 4.98 Å². The number of rotatable bonds is 4. The highest BCUT2D eigenvalue weighted by atomic mass is 35.5. The Hall–Kier alpha value is -1.10. The second kappa shape index (κ2) is 5.49. The number of halogens is 1. The number of ether oxygens (including phenoxy) is 1. The first-order valence-electron chi connectivity index (χ1n) is 5.13. The maximum Gasteiger partial charge on any atom is 0.137 e. The summed E-state index contributed by atoms with van der Waals surface area (Å²) in [5, 5.41) is 12.3. The quantitative estimate of drug-likeness (QED) is 0.928. The summed E-state index contributed by atoms with van der Waals surface area (Å²) in [4.78, 5) is 4.43. The number of methoxy groups -OCH3 is 1. The third-order valence-corrected chi connectivity index (χ3v) is 3.53. The maximum atomic E-state index is 8.84. The summed E-state index contributed by atoms with van der Waals surface area (Å²) < 4.78 is 5.10. The molecule has 1 aromatic heterocycles. The fourth-order valence-corrected chi connectivity index (χ4v) is 2.53. The lowest BCUT2D eigenvalue weighted by atomic mass is 10.2. The molecule has 0 aliphatic heterocycles. The van der Waals surface area contributed by atoms with Gasteiger partial charge in [-0.15, -0.1) is 11.3 Å². The molecule has 3 nitrogen and oxygen atoms in total. The molecule has 0 unspecified atom stereocenters. The molecule has 5 heteroatoms. The number of benzene rings is 1. The van der Waals surface area contributed by atoms with Crippen molar-refractivity contribution in [1.82, 2.24) is 4.98 Å². The standard InChI is InChI=1S/C12H12ClNO2S/c1-16-11-3-2-8(6-9(11)13)10-7-17-12(14-10)4-5-15/h2-3,6-7,15H,4-5H2,1H3. The summed E-state index contributed by atoms with van der Waals surface area (Å²) in [7, 11) is 1.59. The molecular weight excluding hydrogens is 258 g/mol. The molecule has 17 heavy (non-hydrogen) atoms. The summed E-state index contributed by atoms with van der Waals surface area (Å²) in [6.45, 7) is 0.121. The largest absolute Gasteiger partial charge is 0.495 e. The molecule has 0 atom stereocenters.